The molecule has 2 aromatic heterocycles. The van der Waals surface area contributed by atoms with Crippen LogP contribution in [0.5, 0.6) is 5.88 Å². The molecule has 7 nitrogen and oxygen atoms in total. The molecule has 0 atom stereocenters. The number of hydrogen-bond donors (Lipinski definition) is 2. The molecule has 2 heterocycles. The Balaban J connectivity index is 2.08. The number of aliphatic hydroxyl groups is 1. The third-order valence-electron chi connectivity index (χ3n) is 4.35. The predicted molar refractivity (Wildman–Crippen MR) is 96.1 cm³/mol. The molecule has 0 unspecified atom stereocenters. The minimum absolute atomic E-state index is 0.00453. The van der Waals surface area contributed by atoms with E-state index < -0.39 is 23.5 Å². The lowest BCUT2D eigenvalue weighted by Crippen LogP contribution is -2.10. The van der Waals surface area contributed by atoms with Crippen LogP contribution in [0.3, 0.4) is 0 Å². The number of aryl methyl sites for hydroxylation is 1. The molecule has 3 rings (SSSR count). The summed E-state index contributed by atoms with van der Waals surface area (Å²) in [6.45, 7) is 1.24. The summed E-state index contributed by atoms with van der Waals surface area (Å²) in [4.78, 5) is 15.9. The summed E-state index contributed by atoms with van der Waals surface area (Å²) >= 11 is 0. The van der Waals surface area contributed by atoms with E-state index in [2.05, 4.69) is 10.1 Å². The molecule has 1 aromatic carbocycles. The number of aromatic carboxylic acids is 1. The first-order chi connectivity index (χ1) is 14.2. The van der Waals surface area contributed by atoms with Crippen molar-refractivity contribution in [2.45, 2.75) is 25.9 Å². The van der Waals surface area contributed by atoms with Crippen LogP contribution in [0.4, 0.5) is 17.6 Å². The van der Waals surface area contributed by atoms with Crippen LogP contribution < -0.4 is 4.74 Å². The lowest BCUT2D eigenvalue weighted by atomic mass is 10.0. The SMILES string of the molecule is CCc1nc2c(C(=O)O)c(OCCO)nn2cc1Cc1ccc(F)c(C(F)(F)F)c1. The molecule has 0 bridgehead atoms. The molecule has 2 N–H and O–H groups in total. The number of aromatic nitrogens is 3. The van der Waals surface area contributed by atoms with Gasteiger partial charge in [0.25, 0.3) is 5.88 Å². The molecule has 0 saturated heterocycles. The van der Waals surface area contributed by atoms with Gasteiger partial charge in [0, 0.05) is 18.3 Å². The van der Waals surface area contributed by atoms with Crippen molar-refractivity contribution in [3.8, 4) is 5.88 Å². The molecule has 160 valence electrons. The molecule has 30 heavy (non-hydrogen) atoms. The Kier molecular flexibility index (Phi) is 5.92. The number of benzene rings is 1. The van der Waals surface area contributed by atoms with Crippen molar-refractivity contribution in [1.29, 1.82) is 0 Å². The highest BCUT2D eigenvalue weighted by atomic mass is 19.4. The molecule has 0 radical (unpaired) electrons. The van der Waals surface area contributed by atoms with Gasteiger partial charge >= 0.3 is 12.1 Å². The summed E-state index contributed by atoms with van der Waals surface area (Å²) in [6, 6.07) is 2.74. The van der Waals surface area contributed by atoms with Crippen molar-refractivity contribution < 1.29 is 37.3 Å². The number of carboxylic acid groups (broad SMARTS) is 1. The van der Waals surface area contributed by atoms with Crippen molar-refractivity contribution in [3.63, 3.8) is 0 Å². The van der Waals surface area contributed by atoms with E-state index in [1.807, 2.05) is 0 Å². The zero-order valence-corrected chi connectivity index (χ0v) is 15.7. The van der Waals surface area contributed by atoms with E-state index in [4.69, 9.17) is 9.84 Å². The Morgan fingerprint density at radius 3 is 2.63 bits per heavy atom. The number of halogens is 4. The summed E-state index contributed by atoms with van der Waals surface area (Å²) in [5.74, 6) is -2.92. The number of ether oxygens (including phenoxy) is 1. The third-order valence-corrected chi connectivity index (χ3v) is 4.35. The van der Waals surface area contributed by atoms with Crippen molar-refractivity contribution in [1.82, 2.24) is 14.6 Å². The summed E-state index contributed by atoms with van der Waals surface area (Å²) in [5, 5.41) is 22.4. The Hall–Kier alpha value is -3.21. The number of alkyl halides is 3. The maximum atomic E-state index is 13.5. The van der Waals surface area contributed by atoms with E-state index >= 15 is 0 Å². The molecule has 0 spiro atoms. The predicted octanol–water partition coefficient (Wildman–Crippen LogP) is 3.11. The van der Waals surface area contributed by atoms with Gasteiger partial charge in [-0.05, 0) is 29.7 Å². The Bertz CT molecular complexity index is 1100. The number of carboxylic acids is 1. The second-order valence-corrected chi connectivity index (χ2v) is 6.38. The first kappa shape index (κ1) is 21.5. The Morgan fingerprint density at radius 1 is 1.30 bits per heavy atom. The number of carbonyl (C=O) groups is 1. The average Bonchev–Trinajstić information content (AvgIpc) is 3.03. The molecule has 11 heteroatoms. The van der Waals surface area contributed by atoms with Crippen molar-refractivity contribution in [3.05, 3.63) is 58.2 Å². The van der Waals surface area contributed by atoms with Gasteiger partial charge in [0.1, 0.15) is 12.4 Å². The van der Waals surface area contributed by atoms with Gasteiger partial charge in [-0.25, -0.2) is 18.7 Å². The highest BCUT2D eigenvalue weighted by Gasteiger charge is 2.34. The molecular formula is C19H17F4N3O4. The number of fused-ring (bicyclic) bond motifs is 1. The van der Waals surface area contributed by atoms with Crippen LogP contribution in [-0.2, 0) is 19.0 Å². The number of aliphatic hydroxyl groups excluding tert-OH is 1. The number of hydrogen-bond acceptors (Lipinski definition) is 5. The summed E-state index contributed by atoms with van der Waals surface area (Å²) in [6.07, 6.45) is -3.00. The standard InChI is InChI=1S/C19H17F4N3O4/c1-2-14-11(7-10-3-4-13(20)12(8-10)19(21,22)23)9-26-16(24-14)15(18(28)29)17(25-26)30-6-5-27/h3-4,8-9,27H,2,5-7H2,1H3,(H,28,29). The fraction of sp³-hybridized carbons (Fsp3) is 0.316. The van der Waals surface area contributed by atoms with E-state index in [-0.39, 0.29) is 42.3 Å². The van der Waals surface area contributed by atoms with Crippen molar-refractivity contribution >= 4 is 11.6 Å². The molecule has 0 aliphatic rings. The number of rotatable bonds is 7. The van der Waals surface area contributed by atoms with Gasteiger partial charge in [-0.15, -0.1) is 5.10 Å². The summed E-state index contributed by atoms with van der Waals surface area (Å²) < 4.78 is 58.9. The molecule has 0 fully saturated rings. The van der Waals surface area contributed by atoms with Crippen LogP contribution in [0.15, 0.2) is 24.4 Å². The molecule has 0 aliphatic carbocycles. The second kappa shape index (κ2) is 8.27. The van der Waals surface area contributed by atoms with Crippen molar-refractivity contribution in [2.24, 2.45) is 0 Å². The van der Waals surface area contributed by atoms with Gasteiger partial charge in [0.15, 0.2) is 11.2 Å². The fourth-order valence-electron chi connectivity index (χ4n) is 3.03. The quantitative estimate of drug-likeness (QED) is 0.563. The molecule has 0 saturated carbocycles. The minimum atomic E-state index is -4.83. The lowest BCUT2D eigenvalue weighted by molar-refractivity contribution is -0.140. The molecule has 0 amide bonds. The van der Waals surface area contributed by atoms with Crippen LogP contribution >= 0.6 is 0 Å². The van der Waals surface area contributed by atoms with Crippen molar-refractivity contribution in [2.75, 3.05) is 13.2 Å². The van der Waals surface area contributed by atoms with E-state index in [0.717, 1.165) is 12.1 Å². The van der Waals surface area contributed by atoms with Crippen LogP contribution in [0, 0.1) is 5.82 Å². The van der Waals surface area contributed by atoms with Crippen LogP contribution in [0.25, 0.3) is 5.65 Å². The molecular weight excluding hydrogens is 410 g/mol. The lowest BCUT2D eigenvalue weighted by Gasteiger charge is -2.12. The second-order valence-electron chi connectivity index (χ2n) is 6.38. The summed E-state index contributed by atoms with van der Waals surface area (Å²) in [5.41, 5.74) is -0.479. The van der Waals surface area contributed by atoms with Crippen LogP contribution in [0.1, 0.15) is 39.7 Å². The molecule has 3 aromatic rings. The van der Waals surface area contributed by atoms with Crippen LogP contribution in [0.2, 0.25) is 0 Å². The van der Waals surface area contributed by atoms with E-state index in [1.54, 1.807) is 6.92 Å². The highest BCUT2D eigenvalue weighted by Crippen LogP contribution is 2.32. The van der Waals surface area contributed by atoms with E-state index in [9.17, 15) is 27.5 Å². The fourth-order valence-corrected chi connectivity index (χ4v) is 3.03. The molecule has 0 aliphatic heterocycles. The van der Waals surface area contributed by atoms with E-state index in [1.165, 1.54) is 16.8 Å². The first-order valence-corrected chi connectivity index (χ1v) is 8.89. The van der Waals surface area contributed by atoms with Gasteiger partial charge in [-0.1, -0.05) is 13.0 Å². The van der Waals surface area contributed by atoms with Gasteiger partial charge in [0.2, 0.25) is 0 Å². The van der Waals surface area contributed by atoms with Gasteiger partial charge < -0.3 is 14.9 Å². The Morgan fingerprint density at radius 2 is 2.03 bits per heavy atom. The number of nitrogens with zero attached hydrogens (tertiary/aromatic N) is 3. The summed E-state index contributed by atoms with van der Waals surface area (Å²) in [7, 11) is 0. The average molecular weight is 427 g/mol. The monoisotopic (exact) mass is 427 g/mol. The van der Waals surface area contributed by atoms with E-state index in [0.29, 0.717) is 17.7 Å². The maximum absolute atomic E-state index is 13.5. The first-order valence-electron chi connectivity index (χ1n) is 8.89. The normalized spacial score (nSPS) is 11.8. The zero-order chi connectivity index (χ0) is 22.1. The Labute approximate surface area is 167 Å². The highest BCUT2D eigenvalue weighted by molar-refractivity contribution is 5.97. The third kappa shape index (κ3) is 4.20. The van der Waals surface area contributed by atoms with Gasteiger partial charge in [0.05, 0.1) is 12.2 Å². The van der Waals surface area contributed by atoms with Crippen LogP contribution in [-0.4, -0.2) is 44.0 Å². The zero-order valence-electron chi connectivity index (χ0n) is 15.7. The smallest absolute Gasteiger partial charge is 0.419 e. The van der Waals surface area contributed by atoms with Gasteiger partial charge in [-0.2, -0.15) is 13.2 Å². The van der Waals surface area contributed by atoms with Gasteiger partial charge in [-0.3, -0.25) is 0 Å². The maximum Gasteiger partial charge on any atom is 0.419 e. The largest absolute Gasteiger partial charge is 0.477 e. The topological polar surface area (TPSA) is 97.0 Å². The minimum Gasteiger partial charge on any atom is -0.477 e.